The van der Waals surface area contributed by atoms with Gasteiger partial charge in [0.05, 0.1) is 33.1 Å². The highest BCUT2D eigenvalue weighted by Crippen LogP contribution is 2.25. The molecule has 6 heteroatoms. The second-order valence-electron chi connectivity index (χ2n) is 4.97. The van der Waals surface area contributed by atoms with Crippen LogP contribution in [-0.2, 0) is 23.1 Å². The van der Waals surface area contributed by atoms with Crippen LogP contribution >= 0.6 is 23.2 Å². The fourth-order valence-corrected chi connectivity index (χ4v) is 3.14. The molecule has 0 saturated carbocycles. The Hall–Kier alpha value is -0.810. The van der Waals surface area contributed by atoms with Crippen molar-refractivity contribution in [2.75, 3.05) is 0 Å². The molecule has 0 aliphatic heterocycles. The van der Waals surface area contributed by atoms with Crippen LogP contribution in [-0.4, -0.2) is 10.3 Å². The van der Waals surface area contributed by atoms with E-state index < -0.39 is 10.8 Å². The van der Waals surface area contributed by atoms with E-state index in [1.165, 1.54) is 0 Å². The van der Waals surface area contributed by atoms with Crippen LogP contribution in [0.2, 0.25) is 10.0 Å². The lowest BCUT2D eigenvalue weighted by molar-refractivity contribution is 0.445. The van der Waals surface area contributed by atoms with Crippen molar-refractivity contribution < 1.29 is 8.63 Å². The molecule has 1 atom stereocenters. The summed E-state index contributed by atoms with van der Waals surface area (Å²) in [5.74, 6) is 1.85. The summed E-state index contributed by atoms with van der Waals surface area (Å²) in [6, 6.07) is 9.14. The molecule has 3 nitrogen and oxygen atoms in total. The Morgan fingerprint density at radius 1 is 1.14 bits per heavy atom. The van der Waals surface area contributed by atoms with E-state index >= 15 is 0 Å². The molecule has 0 amide bonds. The van der Waals surface area contributed by atoms with E-state index in [1.54, 1.807) is 18.2 Å². The summed E-state index contributed by atoms with van der Waals surface area (Å²) in [7, 11) is -1.21. The number of halogens is 2. The first-order valence-electron chi connectivity index (χ1n) is 6.60. The molecule has 0 saturated heterocycles. The third-order valence-corrected chi connectivity index (χ3v) is 4.89. The Bertz CT molecular complexity index is 640. The largest absolute Gasteiger partial charge is 0.464 e. The first-order valence-corrected chi connectivity index (χ1v) is 8.67. The highest BCUT2D eigenvalue weighted by Gasteiger charge is 2.11. The number of hydrogen-bond donors (Lipinski definition) is 1. The maximum Gasteiger partial charge on any atom is 0.118 e. The van der Waals surface area contributed by atoms with Crippen LogP contribution in [0.25, 0.3) is 0 Å². The predicted octanol–water partition coefficient (Wildman–Crippen LogP) is 4.39. The van der Waals surface area contributed by atoms with Gasteiger partial charge in [0.1, 0.15) is 11.5 Å². The molecule has 0 radical (unpaired) electrons. The minimum Gasteiger partial charge on any atom is -0.464 e. The summed E-state index contributed by atoms with van der Waals surface area (Å²) >= 11 is 11.8. The van der Waals surface area contributed by atoms with E-state index in [0.717, 1.165) is 5.76 Å². The Morgan fingerprint density at radius 2 is 1.86 bits per heavy atom. The second kappa shape index (κ2) is 7.45. The van der Waals surface area contributed by atoms with Gasteiger partial charge in [0.15, 0.2) is 0 Å². The minimum atomic E-state index is -1.21. The summed E-state index contributed by atoms with van der Waals surface area (Å²) in [5.41, 5.74) is 0. The van der Waals surface area contributed by atoms with Crippen LogP contribution < -0.4 is 5.32 Å². The lowest BCUT2D eigenvalue weighted by Crippen LogP contribution is -2.21. The zero-order valence-electron chi connectivity index (χ0n) is 11.9. The lowest BCUT2D eigenvalue weighted by atomic mass is 10.3. The lowest BCUT2D eigenvalue weighted by Gasteiger charge is -2.05. The Kier molecular flexibility index (Phi) is 5.88. The molecule has 1 unspecified atom stereocenters. The van der Waals surface area contributed by atoms with E-state index in [2.05, 4.69) is 19.2 Å². The fourth-order valence-electron chi connectivity index (χ4n) is 1.73. The van der Waals surface area contributed by atoms with Gasteiger partial charge in [-0.25, -0.2) is 0 Å². The maximum absolute atomic E-state index is 12.3. The van der Waals surface area contributed by atoms with E-state index in [9.17, 15) is 4.21 Å². The summed E-state index contributed by atoms with van der Waals surface area (Å²) in [6.07, 6.45) is 0. The van der Waals surface area contributed by atoms with Crippen LogP contribution in [0.5, 0.6) is 0 Å². The molecule has 1 heterocycles. The standard InChI is InChI=1S/C15H17Cl2NO2S/c1-10(2)18-8-11-3-4-12(20-11)9-21(19)13-5-6-14(16)15(17)7-13/h3-7,10,18H,8-9H2,1-2H3. The molecule has 1 N–H and O–H groups in total. The third-order valence-electron chi connectivity index (χ3n) is 2.83. The van der Waals surface area contributed by atoms with Gasteiger partial charge in [-0.1, -0.05) is 37.0 Å². The first kappa shape index (κ1) is 16.6. The van der Waals surface area contributed by atoms with Gasteiger partial charge in [-0.05, 0) is 30.3 Å². The molecular formula is C15H17Cl2NO2S. The van der Waals surface area contributed by atoms with E-state index in [-0.39, 0.29) is 0 Å². The smallest absolute Gasteiger partial charge is 0.118 e. The van der Waals surface area contributed by atoms with Crippen LogP contribution in [0.3, 0.4) is 0 Å². The molecule has 114 valence electrons. The quantitative estimate of drug-likeness (QED) is 0.843. The average molecular weight is 346 g/mol. The van der Waals surface area contributed by atoms with Crippen LogP contribution in [0.15, 0.2) is 39.6 Å². The minimum absolute atomic E-state index is 0.319. The van der Waals surface area contributed by atoms with Gasteiger partial charge in [0, 0.05) is 10.9 Å². The van der Waals surface area contributed by atoms with Gasteiger partial charge >= 0.3 is 0 Å². The van der Waals surface area contributed by atoms with Gasteiger partial charge in [-0.15, -0.1) is 0 Å². The maximum atomic E-state index is 12.3. The molecule has 2 rings (SSSR count). The molecule has 0 fully saturated rings. The summed E-state index contributed by atoms with van der Waals surface area (Å²) in [4.78, 5) is 0.641. The van der Waals surface area contributed by atoms with Crippen molar-refractivity contribution in [1.29, 1.82) is 0 Å². The molecule has 2 aromatic rings. The molecule has 0 aliphatic rings. The normalized spacial score (nSPS) is 12.8. The monoisotopic (exact) mass is 345 g/mol. The number of furan rings is 1. The fraction of sp³-hybridized carbons (Fsp3) is 0.333. The Balaban J connectivity index is 2.00. The van der Waals surface area contributed by atoms with E-state index in [1.807, 2.05) is 12.1 Å². The molecule has 0 aliphatic carbocycles. The van der Waals surface area contributed by atoms with Gasteiger partial charge in [0.2, 0.25) is 0 Å². The highest BCUT2D eigenvalue weighted by atomic mass is 35.5. The molecule has 21 heavy (non-hydrogen) atoms. The Morgan fingerprint density at radius 3 is 2.52 bits per heavy atom. The zero-order valence-corrected chi connectivity index (χ0v) is 14.2. The number of rotatable bonds is 6. The van der Waals surface area contributed by atoms with Crippen molar-refractivity contribution in [3.05, 3.63) is 51.9 Å². The van der Waals surface area contributed by atoms with Crippen molar-refractivity contribution in [3.8, 4) is 0 Å². The molecule has 0 spiro atoms. The van der Waals surface area contributed by atoms with E-state index in [4.69, 9.17) is 27.6 Å². The van der Waals surface area contributed by atoms with Crippen molar-refractivity contribution in [1.82, 2.24) is 5.32 Å². The zero-order chi connectivity index (χ0) is 15.4. The van der Waals surface area contributed by atoms with Crippen molar-refractivity contribution in [2.24, 2.45) is 0 Å². The van der Waals surface area contributed by atoms with Gasteiger partial charge in [0.25, 0.3) is 0 Å². The van der Waals surface area contributed by atoms with Crippen molar-refractivity contribution >= 4 is 34.0 Å². The molecule has 1 aromatic heterocycles. The van der Waals surface area contributed by atoms with Crippen molar-refractivity contribution in [2.45, 2.75) is 37.1 Å². The number of benzene rings is 1. The molecular weight excluding hydrogens is 329 g/mol. The molecule has 1 aromatic carbocycles. The topological polar surface area (TPSA) is 42.2 Å². The van der Waals surface area contributed by atoms with E-state index in [0.29, 0.717) is 39.0 Å². The second-order valence-corrected chi connectivity index (χ2v) is 7.23. The van der Waals surface area contributed by atoms with Gasteiger partial charge in [-0.2, -0.15) is 0 Å². The Labute approximate surface area is 137 Å². The first-order chi connectivity index (χ1) is 9.95. The third kappa shape index (κ3) is 4.85. The average Bonchev–Trinajstić information content (AvgIpc) is 2.87. The van der Waals surface area contributed by atoms with Gasteiger partial charge < -0.3 is 9.73 Å². The van der Waals surface area contributed by atoms with Crippen LogP contribution in [0.1, 0.15) is 25.4 Å². The number of nitrogens with one attached hydrogen (secondary N) is 1. The van der Waals surface area contributed by atoms with Crippen molar-refractivity contribution in [3.63, 3.8) is 0 Å². The number of hydrogen-bond acceptors (Lipinski definition) is 3. The molecule has 0 bridgehead atoms. The highest BCUT2D eigenvalue weighted by molar-refractivity contribution is 7.84. The summed E-state index contributed by atoms with van der Waals surface area (Å²) in [5, 5.41) is 4.13. The van der Waals surface area contributed by atoms with Crippen LogP contribution in [0, 0.1) is 0 Å². The summed E-state index contributed by atoms with van der Waals surface area (Å²) in [6.45, 7) is 4.81. The van der Waals surface area contributed by atoms with Gasteiger partial charge in [-0.3, -0.25) is 4.21 Å². The SMILES string of the molecule is CC(C)NCc1ccc(CS(=O)c2ccc(Cl)c(Cl)c2)o1. The van der Waals surface area contributed by atoms with Crippen LogP contribution in [0.4, 0.5) is 0 Å². The summed E-state index contributed by atoms with van der Waals surface area (Å²) < 4.78 is 18.0. The predicted molar refractivity (Wildman–Crippen MR) is 87.3 cm³/mol.